The summed E-state index contributed by atoms with van der Waals surface area (Å²) >= 11 is 0. The number of hydrogen-bond donors (Lipinski definition) is 2. The molecule has 6 heteroatoms. The smallest absolute Gasteiger partial charge is 0.344 e. The number of hydrogen-bond acceptors (Lipinski definition) is 6. The van der Waals surface area contributed by atoms with E-state index in [-0.39, 0.29) is 33.8 Å². The Kier molecular flexibility index (Phi) is 6.05. The summed E-state index contributed by atoms with van der Waals surface area (Å²) in [7, 11) is 0. The lowest BCUT2D eigenvalue weighted by Crippen LogP contribution is -2.21. The molecule has 4 aromatic carbocycles. The Balaban J connectivity index is 1.57. The average Bonchev–Trinajstić information content (AvgIpc) is 2.96. The van der Waals surface area contributed by atoms with Crippen LogP contribution in [0.5, 0.6) is 11.5 Å². The lowest BCUT2D eigenvalue weighted by atomic mass is 9.84. The van der Waals surface area contributed by atoms with Crippen molar-refractivity contribution in [2.45, 2.75) is 5.92 Å². The van der Waals surface area contributed by atoms with Gasteiger partial charge in [0.2, 0.25) is 0 Å². The highest BCUT2D eigenvalue weighted by Crippen LogP contribution is 2.41. The van der Waals surface area contributed by atoms with Gasteiger partial charge < -0.3 is 19.0 Å². The quantitative estimate of drug-likeness (QED) is 0.197. The van der Waals surface area contributed by atoms with Crippen molar-refractivity contribution in [1.82, 2.24) is 0 Å². The van der Waals surface area contributed by atoms with Crippen LogP contribution in [-0.2, 0) is 0 Å². The Labute approximate surface area is 222 Å². The van der Waals surface area contributed by atoms with E-state index in [2.05, 4.69) is 0 Å². The van der Waals surface area contributed by atoms with Crippen LogP contribution in [0, 0.1) is 0 Å². The molecule has 0 saturated carbocycles. The molecule has 0 fully saturated rings. The van der Waals surface area contributed by atoms with Crippen LogP contribution in [0.2, 0.25) is 0 Å². The van der Waals surface area contributed by atoms with Crippen molar-refractivity contribution >= 4 is 34.1 Å². The van der Waals surface area contributed by atoms with Crippen molar-refractivity contribution in [3.8, 4) is 11.5 Å². The number of fused-ring (bicyclic) bond motifs is 2. The molecule has 190 valence electrons. The maximum Gasteiger partial charge on any atom is 0.344 e. The standard InChI is InChI=1S/C33H22O6/c34-30-23-10-4-6-12-25(23)38-32(36)28(30)27(29-31(35)24-11-5-7-13-26(24)39-33(29)37)22-18-16-21(17-19-22)15-14-20-8-2-1-3-9-20/h1-19,27,34-35H/b15-14+. The fraction of sp³-hybridized carbons (Fsp3) is 0.0303. The van der Waals surface area contributed by atoms with E-state index in [0.717, 1.165) is 11.1 Å². The molecule has 39 heavy (non-hydrogen) atoms. The topological polar surface area (TPSA) is 101 Å². The highest BCUT2D eigenvalue weighted by atomic mass is 16.4. The van der Waals surface area contributed by atoms with E-state index in [1.54, 1.807) is 60.7 Å². The summed E-state index contributed by atoms with van der Waals surface area (Å²) in [6.07, 6.45) is 3.91. The molecule has 2 heterocycles. The number of rotatable bonds is 5. The van der Waals surface area contributed by atoms with Crippen molar-refractivity contribution in [3.05, 3.63) is 152 Å². The van der Waals surface area contributed by atoms with Crippen molar-refractivity contribution in [3.63, 3.8) is 0 Å². The molecule has 0 bridgehead atoms. The summed E-state index contributed by atoms with van der Waals surface area (Å²) in [5.41, 5.74) is 0.841. The molecule has 2 aromatic heterocycles. The minimum absolute atomic E-state index is 0.167. The summed E-state index contributed by atoms with van der Waals surface area (Å²) in [5.74, 6) is -1.82. The highest BCUT2D eigenvalue weighted by molar-refractivity contribution is 5.87. The molecular formula is C33H22O6. The Morgan fingerprint density at radius 2 is 0.974 bits per heavy atom. The van der Waals surface area contributed by atoms with Crippen LogP contribution in [0.25, 0.3) is 34.1 Å². The van der Waals surface area contributed by atoms with Gasteiger partial charge in [-0.3, -0.25) is 0 Å². The minimum Gasteiger partial charge on any atom is -0.507 e. The molecule has 0 atom stereocenters. The molecule has 0 unspecified atom stereocenters. The van der Waals surface area contributed by atoms with Gasteiger partial charge in [0.15, 0.2) is 0 Å². The van der Waals surface area contributed by atoms with Gasteiger partial charge >= 0.3 is 11.3 Å². The zero-order chi connectivity index (χ0) is 26.9. The normalized spacial score (nSPS) is 11.6. The molecular weight excluding hydrogens is 492 g/mol. The van der Waals surface area contributed by atoms with Crippen LogP contribution in [0.1, 0.15) is 33.7 Å². The second-order valence-electron chi connectivity index (χ2n) is 9.14. The van der Waals surface area contributed by atoms with Crippen LogP contribution in [0.4, 0.5) is 0 Å². The molecule has 0 aliphatic rings. The average molecular weight is 515 g/mol. The summed E-state index contributed by atoms with van der Waals surface area (Å²) in [6.45, 7) is 0. The Bertz CT molecular complexity index is 1870. The van der Waals surface area contributed by atoms with E-state index < -0.39 is 17.2 Å². The fourth-order valence-electron chi connectivity index (χ4n) is 4.84. The van der Waals surface area contributed by atoms with Crippen molar-refractivity contribution in [2.24, 2.45) is 0 Å². The fourth-order valence-corrected chi connectivity index (χ4v) is 4.84. The first-order valence-corrected chi connectivity index (χ1v) is 12.3. The maximum atomic E-state index is 13.3. The van der Waals surface area contributed by atoms with Gasteiger partial charge in [0, 0.05) is 0 Å². The third-order valence-electron chi connectivity index (χ3n) is 6.75. The molecule has 0 amide bonds. The molecule has 0 spiro atoms. The molecule has 0 saturated heterocycles. The van der Waals surface area contributed by atoms with Gasteiger partial charge in [-0.2, -0.15) is 0 Å². The van der Waals surface area contributed by atoms with Gasteiger partial charge in [0.1, 0.15) is 22.7 Å². The third kappa shape index (κ3) is 4.38. The lowest BCUT2D eigenvalue weighted by Gasteiger charge is -2.20. The van der Waals surface area contributed by atoms with Crippen LogP contribution in [-0.4, -0.2) is 10.2 Å². The van der Waals surface area contributed by atoms with E-state index in [0.29, 0.717) is 16.3 Å². The number of benzene rings is 4. The lowest BCUT2D eigenvalue weighted by molar-refractivity contribution is 0.441. The predicted molar refractivity (Wildman–Crippen MR) is 151 cm³/mol. The molecule has 0 radical (unpaired) electrons. The van der Waals surface area contributed by atoms with Gasteiger partial charge in [-0.15, -0.1) is 0 Å². The van der Waals surface area contributed by atoms with E-state index >= 15 is 0 Å². The second-order valence-corrected chi connectivity index (χ2v) is 9.14. The van der Waals surface area contributed by atoms with Gasteiger partial charge in [0.25, 0.3) is 0 Å². The first-order valence-electron chi connectivity index (χ1n) is 12.3. The Morgan fingerprint density at radius 3 is 1.49 bits per heavy atom. The van der Waals surface area contributed by atoms with E-state index in [1.165, 1.54) is 0 Å². The second kappa shape index (κ2) is 9.84. The van der Waals surface area contributed by atoms with Gasteiger partial charge in [0.05, 0.1) is 27.8 Å². The molecule has 6 nitrogen and oxygen atoms in total. The van der Waals surface area contributed by atoms with Gasteiger partial charge in [-0.05, 0) is 41.0 Å². The van der Waals surface area contributed by atoms with Crippen molar-refractivity contribution in [1.29, 1.82) is 0 Å². The van der Waals surface area contributed by atoms with Crippen LogP contribution in [0.3, 0.4) is 0 Å². The highest BCUT2D eigenvalue weighted by Gasteiger charge is 2.32. The first-order chi connectivity index (χ1) is 19.0. The van der Waals surface area contributed by atoms with Crippen molar-refractivity contribution < 1.29 is 19.0 Å². The van der Waals surface area contributed by atoms with Crippen LogP contribution in [0.15, 0.2) is 122 Å². The predicted octanol–water partition coefficient (Wildman–Crippen LogP) is 6.66. The molecule has 0 aliphatic heterocycles. The summed E-state index contributed by atoms with van der Waals surface area (Å²) in [6, 6.07) is 30.2. The van der Waals surface area contributed by atoms with Crippen LogP contribution >= 0.6 is 0 Å². The summed E-state index contributed by atoms with van der Waals surface area (Å²) in [5, 5.41) is 23.2. The van der Waals surface area contributed by atoms with E-state index in [9.17, 15) is 19.8 Å². The SMILES string of the molecule is O=c1oc2ccccc2c(O)c1C(c1ccc(/C=C/c2ccccc2)cc1)c1c(O)c2ccccc2oc1=O. The van der Waals surface area contributed by atoms with Gasteiger partial charge in [-0.25, -0.2) is 9.59 Å². The molecule has 6 rings (SSSR count). The summed E-state index contributed by atoms with van der Waals surface area (Å²) < 4.78 is 11.1. The number of para-hydroxylation sites is 2. The Hall–Kier alpha value is -5.36. The monoisotopic (exact) mass is 514 g/mol. The van der Waals surface area contributed by atoms with Gasteiger partial charge in [-0.1, -0.05) is 91.0 Å². The largest absolute Gasteiger partial charge is 0.507 e. The van der Waals surface area contributed by atoms with Crippen LogP contribution < -0.4 is 11.3 Å². The zero-order valence-electron chi connectivity index (χ0n) is 20.6. The van der Waals surface area contributed by atoms with E-state index in [1.807, 2.05) is 54.6 Å². The maximum absolute atomic E-state index is 13.3. The third-order valence-corrected chi connectivity index (χ3v) is 6.75. The Morgan fingerprint density at radius 1 is 0.538 bits per heavy atom. The van der Waals surface area contributed by atoms with E-state index in [4.69, 9.17) is 8.83 Å². The zero-order valence-corrected chi connectivity index (χ0v) is 20.6. The van der Waals surface area contributed by atoms with Crippen molar-refractivity contribution in [2.75, 3.05) is 0 Å². The minimum atomic E-state index is -1.17. The first kappa shape index (κ1) is 24.0. The summed E-state index contributed by atoms with van der Waals surface area (Å²) in [4.78, 5) is 26.6. The molecule has 6 aromatic rings. The molecule has 2 N–H and O–H groups in total. The molecule has 0 aliphatic carbocycles. The number of aromatic hydroxyl groups is 2.